The van der Waals surface area contributed by atoms with E-state index >= 15 is 0 Å². The number of aromatic hydroxyl groups is 1. The van der Waals surface area contributed by atoms with Crippen molar-refractivity contribution < 1.29 is 27.5 Å². The van der Waals surface area contributed by atoms with Gasteiger partial charge in [-0.3, -0.25) is 15.0 Å². The van der Waals surface area contributed by atoms with Crippen molar-refractivity contribution in [3.8, 4) is 5.75 Å². The molecule has 0 aliphatic carbocycles. The number of sulfonamides is 1. The standard InChI is InChI=1S/C17H18FN5O5S/c1-10(11-2-3-13(18)14(24)6-11)22-29(27,28)5-4-15-19-7-12(8-20-15)23-9-16(25)21-17(23)26/h2-3,6-8,10,22,24H,4-5,9H2,1H3,(H,21,25,26)/t10-/m1/s1. The summed E-state index contributed by atoms with van der Waals surface area (Å²) in [5, 5.41) is 11.5. The Labute approximate surface area is 165 Å². The van der Waals surface area contributed by atoms with Crippen LogP contribution in [-0.4, -0.2) is 47.7 Å². The minimum Gasteiger partial charge on any atom is -0.505 e. The predicted molar refractivity (Wildman–Crippen MR) is 100 cm³/mol. The van der Waals surface area contributed by atoms with Crippen molar-refractivity contribution in [2.75, 3.05) is 17.2 Å². The number of carbonyl (C=O) groups excluding carboxylic acids is 2. The number of nitrogens with one attached hydrogen (secondary N) is 2. The van der Waals surface area contributed by atoms with Crippen LogP contribution in [0.3, 0.4) is 0 Å². The number of phenolic OH excluding ortho intramolecular Hbond substituents is 1. The third-order valence-corrected chi connectivity index (χ3v) is 5.67. The van der Waals surface area contributed by atoms with Gasteiger partial charge in [0, 0.05) is 12.5 Å². The van der Waals surface area contributed by atoms with E-state index in [1.807, 2.05) is 0 Å². The highest BCUT2D eigenvalue weighted by molar-refractivity contribution is 7.89. The Balaban J connectivity index is 1.59. The van der Waals surface area contributed by atoms with Crippen LogP contribution in [0, 0.1) is 5.82 Å². The third kappa shape index (κ3) is 5.03. The van der Waals surface area contributed by atoms with Crippen molar-refractivity contribution in [3.05, 3.63) is 47.8 Å². The fraction of sp³-hybridized carbons (Fsp3) is 0.294. The van der Waals surface area contributed by atoms with Crippen LogP contribution in [0.4, 0.5) is 14.9 Å². The minimum atomic E-state index is -3.72. The van der Waals surface area contributed by atoms with Crippen LogP contribution < -0.4 is 14.9 Å². The molecule has 29 heavy (non-hydrogen) atoms. The Morgan fingerprint density at radius 2 is 2.00 bits per heavy atom. The molecule has 3 amide bonds. The Hall–Kier alpha value is -3.12. The molecule has 0 bridgehead atoms. The van der Waals surface area contributed by atoms with Crippen molar-refractivity contribution in [2.45, 2.75) is 19.4 Å². The first-order valence-corrected chi connectivity index (χ1v) is 10.2. The summed E-state index contributed by atoms with van der Waals surface area (Å²) < 4.78 is 40.2. The van der Waals surface area contributed by atoms with Gasteiger partial charge >= 0.3 is 6.03 Å². The van der Waals surface area contributed by atoms with Crippen LogP contribution >= 0.6 is 0 Å². The maximum atomic E-state index is 13.1. The molecule has 0 unspecified atom stereocenters. The zero-order valence-corrected chi connectivity index (χ0v) is 16.1. The zero-order valence-electron chi connectivity index (χ0n) is 15.3. The maximum Gasteiger partial charge on any atom is 0.329 e. The molecule has 3 N–H and O–H groups in total. The van der Waals surface area contributed by atoms with Gasteiger partial charge in [0.1, 0.15) is 12.4 Å². The number of hydrogen-bond donors (Lipinski definition) is 3. The first-order chi connectivity index (χ1) is 13.6. The average Bonchev–Trinajstić information content (AvgIpc) is 3.00. The van der Waals surface area contributed by atoms with Crippen LogP contribution in [0.5, 0.6) is 5.75 Å². The van der Waals surface area contributed by atoms with Gasteiger partial charge in [-0.2, -0.15) is 0 Å². The topological polar surface area (TPSA) is 142 Å². The molecule has 1 aromatic heterocycles. The third-order valence-electron chi connectivity index (χ3n) is 4.22. The summed E-state index contributed by atoms with van der Waals surface area (Å²) in [4.78, 5) is 32.1. The Morgan fingerprint density at radius 3 is 2.59 bits per heavy atom. The number of benzene rings is 1. The molecule has 12 heteroatoms. The average molecular weight is 423 g/mol. The van der Waals surface area contributed by atoms with Crippen molar-refractivity contribution in [3.63, 3.8) is 0 Å². The molecule has 1 aliphatic rings. The fourth-order valence-corrected chi connectivity index (χ4v) is 3.93. The maximum absolute atomic E-state index is 13.1. The van der Waals surface area contributed by atoms with Gasteiger partial charge in [0.25, 0.3) is 0 Å². The molecule has 2 aromatic rings. The summed E-state index contributed by atoms with van der Waals surface area (Å²) >= 11 is 0. The van der Waals surface area contributed by atoms with E-state index < -0.39 is 39.6 Å². The summed E-state index contributed by atoms with van der Waals surface area (Å²) in [6.07, 6.45) is 2.69. The highest BCUT2D eigenvalue weighted by Gasteiger charge is 2.28. The van der Waals surface area contributed by atoms with E-state index in [0.717, 1.165) is 12.1 Å². The molecule has 3 rings (SSSR count). The normalized spacial score (nSPS) is 15.4. The number of imide groups is 1. The summed E-state index contributed by atoms with van der Waals surface area (Å²) in [5.74, 6) is -1.83. The van der Waals surface area contributed by atoms with Gasteiger partial charge in [-0.05, 0) is 24.6 Å². The number of rotatable bonds is 7. The van der Waals surface area contributed by atoms with E-state index in [0.29, 0.717) is 11.3 Å². The van der Waals surface area contributed by atoms with Crippen LogP contribution in [0.15, 0.2) is 30.6 Å². The number of amides is 3. The number of phenols is 1. The lowest BCUT2D eigenvalue weighted by atomic mass is 10.1. The number of anilines is 1. The summed E-state index contributed by atoms with van der Waals surface area (Å²) in [7, 11) is -3.72. The Kier molecular flexibility index (Phi) is 5.75. The van der Waals surface area contributed by atoms with E-state index in [9.17, 15) is 27.5 Å². The predicted octanol–water partition coefficient (Wildman–Crippen LogP) is 0.601. The Morgan fingerprint density at radius 1 is 1.31 bits per heavy atom. The number of urea groups is 1. The first-order valence-electron chi connectivity index (χ1n) is 8.55. The highest BCUT2D eigenvalue weighted by atomic mass is 32.2. The molecule has 0 spiro atoms. The van der Waals surface area contributed by atoms with Crippen molar-refractivity contribution >= 4 is 27.6 Å². The summed E-state index contributed by atoms with van der Waals surface area (Å²) in [5.41, 5.74) is 0.731. The van der Waals surface area contributed by atoms with E-state index in [4.69, 9.17) is 0 Å². The number of hydrogen-bond acceptors (Lipinski definition) is 7. The second-order valence-electron chi connectivity index (χ2n) is 6.42. The van der Waals surface area contributed by atoms with Crippen molar-refractivity contribution in [2.24, 2.45) is 0 Å². The van der Waals surface area contributed by atoms with Crippen LogP contribution in [0.2, 0.25) is 0 Å². The van der Waals surface area contributed by atoms with Crippen molar-refractivity contribution in [1.82, 2.24) is 20.0 Å². The summed E-state index contributed by atoms with van der Waals surface area (Å²) in [6, 6.07) is 2.34. The molecule has 2 heterocycles. The lowest BCUT2D eigenvalue weighted by Gasteiger charge is -2.15. The fourth-order valence-electron chi connectivity index (χ4n) is 2.69. The number of aryl methyl sites for hydroxylation is 1. The lowest BCUT2D eigenvalue weighted by Crippen LogP contribution is -2.30. The molecule has 1 aliphatic heterocycles. The van der Waals surface area contributed by atoms with Gasteiger partial charge in [0.05, 0.1) is 23.8 Å². The van der Waals surface area contributed by atoms with Gasteiger partial charge in [-0.25, -0.2) is 32.3 Å². The number of halogens is 1. The molecule has 10 nitrogen and oxygen atoms in total. The van der Waals surface area contributed by atoms with Crippen LogP contribution in [0.1, 0.15) is 24.4 Å². The van der Waals surface area contributed by atoms with Crippen LogP contribution in [-0.2, 0) is 21.2 Å². The summed E-state index contributed by atoms with van der Waals surface area (Å²) in [6.45, 7) is 1.44. The molecule has 0 radical (unpaired) electrons. The van der Waals surface area contributed by atoms with Gasteiger partial charge in [0.15, 0.2) is 11.6 Å². The second-order valence-corrected chi connectivity index (χ2v) is 8.29. The molecule has 0 saturated carbocycles. The lowest BCUT2D eigenvalue weighted by molar-refractivity contribution is -0.117. The van der Waals surface area contributed by atoms with E-state index in [1.54, 1.807) is 6.92 Å². The molecular formula is C17H18FN5O5S. The molecule has 154 valence electrons. The molecular weight excluding hydrogens is 405 g/mol. The van der Waals surface area contributed by atoms with E-state index in [1.165, 1.54) is 23.4 Å². The van der Waals surface area contributed by atoms with Gasteiger partial charge in [0.2, 0.25) is 15.9 Å². The van der Waals surface area contributed by atoms with E-state index in [-0.39, 0.29) is 24.5 Å². The molecule has 1 saturated heterocycles. The smallest absolute Gasteiger partial charge is 0.329 e. The number of aromatic nitrogens is 2. The molecule has 1 fully saturated rings. The first kappa shape index (κ1) is 20.6. The number of carbonyl (C=O) groups is 2. The van der Waals surface area contributed by atoms with Gasteiger partial charge in [-0.15, -0.1) is 0 Å². The quantitative estimate of drug-likeness (QED) is 0.554. The Bertz CT molecular complexity index is 1040. The van der Waals surface area contributed by atoms with Crippen LogP contribution in [0.25, 0.3) is 0 Å². The SMILES string of the molecule is C[C@@H](NS(=O)(=O)CCc1ncc(N2CC(=O)NC2=O)cn1)c1ccc(F)c(O)c1. The minimum absolute atomic E-state index is 0.0160. The zero-order chi connectivity index (χ0) is 21.2. The molecule has 1 aromatic carbocycles. The molecule has 1 atom stereocenters. The largest absolute Gasteiger partial charge is 0.505 e. The second kappa shape index (κ2) is 8.09. The van der Waals surface area contributed by atoms with Crippen molar-refractivity contribution in [1.29, 1.82) is 0 Å². The number of nitrogens with zero attached hydrogens (tertiary/aromatic N) is 3. The van der Waals surface area contributed by atoms with E-state index in [2.05, 4.69) is 20.0 Å². The van der Waals surface area contributed by atoms with Gasteiger partial charge in [-0.1, -0.05) is 6.07 Å². The van der Waals surface area contributed by atoms with Gasteiger partial charge < -0.3 is 5.11 Å². The highest BCUT2D eigenvalue weighted by Crippen LogP contribution is 2.22. The monoisotopic (exact) mass is 423 g/mol.